The van der Waals surface area contributed by atoms with Crippen LogP contribution in [0, 0.1) is 26.6 Å². The van der Waals surface area contributed by atoms with E-state index in [0.717, 1.165) is 33.4 Å². The number of carboxylic acids is 1. The summed E-state index contributed by atoms with van der Waals surface area (Å²) in [6.45, 7) is 13.6. The molecule has 0 saturated carbocycles. The number of carbonyl (C=O) groups is 1. The maximum Gasteiger partial charge on any atom is 0.337 e. The average Bonchev–Trinajstić information content (AvgIpc) is 3.21. The molecule has 0 radical (unpaired) electrons. The van der Waals surface area contributed by atoms with Crippen LogP contribution in [0.15, 0.2) is 48.5 Å². The van der Waals surface area contributed by atoms with Crippen LogP contribution in [-0.2, 0) is 29.2 Å². The molecule has 0 saturated heterocycles. The van der Waals surface area contributed by atoms with Crippen LogP contribution in [0.1, 0.15) is 65.8 Å². The molecule has 1 aliphatic heterocycles. The predicted molar refractivity (Wildman–Crippen MR) is 137 cm³/mol. The van der Waals surface area contributed by atoms with Crippen LogP contribution in [0.4, 0.5) is 4.39 Å². The van der Waals surface area contributed by atoms with Crippen LogP contribution in [0.2, 0.25) is 0 Å². The van der Waals surface area contributed by atoms with Crippen LogP contribution >= 0.6 is 0 Å². The molecule has 0 amide bonds. The molecule has 35 heavy (non-hydrogen) atoms. The van der Waals surface area contributed by atoms with Crippen LogP contribution < -0.4 is 0 Å². The molecular weight excluding hydrogens is 441 g/mol. The molecule has 1 N–H and O–H groups in total. The summed E-state index contributed by atoms with van der Waals surface area (Å²) in [6.07, 6.45) is -1.10. The zero-order valence-corrected chi connectivity index (χ0v) is 21.4. The molecule has 4 nitrogen and oxygen atoms in total. The van der Waals surface area contributed by atoms with Gasteiger partial charge in [-0.25, -0.2) is 9.18 Å². The van der Waals surface area contributed by atoms with Gasteiger partial charge < -0.3 is 9.84 Å². The maximum atomic E-state index is 14.4. The highest BCUT2D eigenvalue weighted by molar-refractivity contribution is 5.84. The number of aryl methyl sites for hydroxylation is 1. The molecule has 1 atom stereocenters. The van der Waals surface area contributed by atoms with E-state index < -0.39 is 17.7 Å². The van der Waals surface area contributed by atoms with Gasteiger partial charge in [0.15, 0.2) is 6.10 Å². The fraction of sp³-hybridized carbons (Fsp3) is 0.367. The first-order valence-corrected chi connectivity index (χ1v) is 12.0. The lowest BCUT2D eigenvalue weighted by atomic mass is 9.83. The standard InChI is InChI=1S/C30H34FNO3/c1-18-11-13-21(14-12-18)26-19(2)23-16-32(15-22-9-7-8-10-25(22)31)17-24(23)20(3)27(26)28(29(33)34)35-30(4,5)6/h7-14,28H,15-17H2,1-6H3,(H,33,34)/t28-/m0/s1. The van der Waals surface area contributed by atoms with E-state index in [1.165, 1.54) is 11.6 Å². The molecular formula is C30H34FNO3. The summed E-state index contributed by atoms with van der Waals surface area (Å²) in [5, 5.41) is 10.3. The van der Waals surface area contributed by atoms with Crippen molar-refractivity contribution in [2.24, 2.45) is 0 Å². The van der Waals surface area contributed by atoms with E-state index >= 15 is 0 Å². The van der Waals surface area contributed by atoms with Gasteiger partial charge in [0.25, 0.3) is 0 Å². The minimum absolute atomic E-state index is 0.206. The van der Waals surface area contributed by atoms with E-state index in [1.807, 2.05) is 58.9 Å². The largest absolute Gasteiger partial charge is 0.479 e. The first kappa shape index (κ1) is 25.1. The molecule has 0 aliphatic carbocycles. The van der Waals surface area contributed by atoms with Crippen molar-refractivity contribution >= 4 is 5.97 Å². The quantitative estimate of drug-likeness (QED) is 0.422. The molecule has 0 unspecified atom stereocenters. The Labute approximate surface area is 207 Å². The van der Waals surface area contributed by atoms with Gasteiger partial charge in [-0.05, 0) is 81.0 Å². The Hall–Kier alpha value is -3.02. The fourth-order valence-electron chi connectivity index (χ4n) is 5.07. The van der Waals surface area contributed by atoms with E-state index in [0.29, 0.717) is 30.8 Å². The Bertz CT molecular complexity index is 1260. The highest BCUT2D eigenvalue weighted by Gasteiger charge is 2.35. The minimum atomic E-state index is -1.10. The van der Waals surface area contributed by atoms with Gasteiger partial charge in [0, 0.05) is 30.8 Å². The number of hydrogen-bond donors (Lipinski definition) is 1. The van der Waals surface area contributed by atoms with Gasteiger partial charge in [-0.15, -0.1) is 0 Å². The Balaban J connectivity index is 1.87. The molecule has 1 heterocycles. The van der Waals surface area contributed by atoms with Crippen molar-refractivity contribution in [2.75, 3.05) is 0 Å². The maximum absolute atomic E-state index is 14.4. The van der Waals surface area contributed by atoms with Gasteiger partial charge in [0.2, 0.25) is 0 Å². The van der Waals surface area contributed by atoms with Crippen molar-refractivity contribution in [3.8, 4) is 11.1 Å². The Morgan fingerprint density at radius 3 is 2.17 bits per heavy atom. The van der Waals surface area contributed by atoms with Crippen molar-refractivity contribution in [2.45, 2.75) is 72.9 Å². The lowest BCUT2D eigenvalue weighted by molar-refractivity contribution is -0.160. The zero-order valence-electron chi connectivity index (χ0n) is 21.4. The number of nitrogens with zero attached hydrogens (tertiary/aromatic N) is 1. The SMILES string of the molecule is Cc1ccc(-c2c(C)c3c(c(C)c2[C@H](OC(C)(C)C)C(=O)O)CN(Cc2ccccc2F)C3)cc1. The second-order valence-electron chi connectivity index (χ2n) is 10.5. The van der Waals surface area contributed by atoms with Crippen LogP contribution in [-0.4, -0.2) is 21.6 Å². The smallest absolute Gasteiger partial charge is 0.337 e. The monoisotopic (exact) mass is 475 g/mol. The summed E-state index contributed by atoms with van der Waals surface area (Å²) in [5.41, 5.74) is 8.08. The third-order valence-electron chi connectivity index (χ3n) is 6.73. The zero-order chi connectivity index (χ0) is 25.5. The first-order chi connectivity index (χ1) is 16.5. The molecule has 3 aromatic carbocycles. The van der Waals surface area contributed by atoms with Crippen molar-refractivity contribution < 1.29 is 19.0 Å². The molecule has 0 spiro atoms. The van der Waals surface area contributed by atoms with E-state index in [4.69, 9.17) is 4.74 Å². The summed E-state index contributed by atoms with van der Waals surface area (Å²) < 4.78 is 20.5. The molecule has 0 fully saturated rings. The summed E-state index contributed by atoms with van der Waals surface area (Å²) in [5.74, 6) is -1.21. The topological polar surface area (TPSA) is 49.8 Å². The fourth-order valence-corrected chi connectivity index (χ4v) is 5.07. The Morgan fingerprint density at radius 1 is 1.00 bits per heavy atom. The Morgan fingerprint density at radius 2 is 1.60 bits per heavy atom. The summed E-state index contributed by atoms with van der Waals surface area (Å²) in [6, 6.07) is 15.1. The Kier molecular flexibility index (Phi) is 6.85. The molecule has 1 aliphatic rings. The molecule has 0 bridgehead atoms. The average molecular weight is 476 g/mol. The number of carboxylic acid groups (broad SMARTS) is 1. The van der Waals surface area contributed by atoms with Crippen LogP contribution in [0.25, 0.3) is 11.1 Å². The number of halogens is 1. The highest BCUT2D eigenvalue weighted by atomic mass is 19.1. The van der Waals surface area contributed by atoms with Crippen LogP contribution in [0.3, 0.4) is 0 Å². The third kappa shape index (κ3) is 5.16. The van der Waals surface area contributed by atoms with Gasteiger partial charge >= 0.3 is 5.97 Å². The third-order valence-corrected chi connectivity index (χ3v) is 6.73. The van der Waals surface area contributed by atoms with E-state index in [9.17, 15) is 14.3 Å². The van der Waals surface area contributed by atoms with Gasteiger partial charge in [-0.1, -0.05) is 48.0 Å². The molecule has 0 aromatic heterocycles. The van der Waals surface area contributed by atoms with Crippen molar-refractivity contribution in [3.05, 3.63) is 93.3 Å². The van der Waals surface area contributed by atoms with Gasteiger partial charge in [0.1, 0.15) is 5.82 Å². The number of aliphatic carboxylic acids is 1. The minimum Gasteiger partial charge on any atom is -0.479 e. The van der Waals surface area contributed by atoms with Gasteiger partial charge in [-0.2, -0.15) is 0 Å². The van der Waals surface area contributed by atoms with E-state index in [2.05, 4.69) is 24.0 Å². The van der Waals surface area contributed by atoms with Crippen LogP contribution in [0.5, 0.6) is 0 Å². The van der Waals surface area contributed by atoms with Crippen molar-refractivity contribution in [3.63, 3.8) is 0 Å². The van der Waals surface area contributed by atoms with Gasteiger partial charge in [0.05, 0.1) is 5.60 Å². The number of benzene rings is 3. The second kappa shape index (κ2) is 9.56. The molecule has 4 rings (SSSR count). The summed E-state index contributed by atoms with van der Waals surface area (Å²) >= 11 is 0. The molecule has 184 valence electrons. The number of rotatable bonds is 6. The first-order valence-electron chi connectivity index (χ1n) is 12.0. The summed E-state index contributed by atoms with van der Waals surface area (Å²) in [4.78, 5) is 14.8. The van der Waals surface area contributed by atoms with E-state index in [1.54, 1.807) is 6.07 Å². The van der Waals surface area contributed by atoms with Gasteiger partial charge in [-0.3, -0.25) is 4.90 Å². The second-order valence-corrected chi connectivity index (χ2v) is 10.5. The number of ether oxygens (including phenoxy) is 1. The number of fused-ring (bicyclic) bond motifs is 1. The predicted octanol–water partition coefficient (Wildman–Crippen LogP) is 6.87. The number of hydrogen-bond acceptors (Lipinski definition) is 3. The van der Waals surface area contributed by atoms with E-state index in [-0.39, 0.29) is 5.82 Å². The van der Waals surface area contributed by atoms with Crippen molar-refractivity contribution in [1.82, 2.24) is 4.90 Å². The molecule has 3 aromatic rings. The lowest BCUT2D eigenvalue weighted by Gasteiger charge is -2.30. The highest BCUT2D eigenvalue weighted by Crippen LogP contribution is 2.44. The normalized spacial score (nSPS) is 14.7. The van der Waals surface area contributed by atoms with Crippen molar-refractivity contribution in [1.29, 1.82) is 0 Å². The summed E-state index contributed by atoms with van der Waals surface area (Å²) in [7, 11) is 0. The lowest BCUT2D eigenvalue weighted by Crippen LogP contribution is -2.28. The molecule has 5 heteroatoms.